The molecule has 0 saturated carbocycles. The zero-order valence-electron chi connectivity index (χ0n) is 14.8. The molecule has 3 aromatic carbocycles. The first kappa shape index (κ1) is 18.3. The summed E-state index contributed by atoms with van der Waals surface area (Å²) in [5.41, 5.74) is 1.91. The molecular weight excluding hydrogens is 374 g/mol. The van der Waals surface area contributed by atoms with Crippen LogP contribution in [0, 0.1) is 0 Å². The number of esters is 1. The molecule has 6 heteroatoms. The topological polar surface area (TPSA) is 66.8 Å². The quantitative estimate of drug-likeness (QED) is 0.679. The molecule has 0 saturated heterocycles. The summed E-state index contributed by atoms with van der Waals surface area (Å²) in [6.45, 7) is -0.462. The summed E-state index contributed by atoms with van der Waals surface area (Å²) in [7, 11) is 0. The molecule has 0 unspecified atom stereocenters. The van der Waals surface area contributed by atoms with Crippen LogP contribution in [-0.4, -0.2) is 23.6 Å². The van der Waals surface area contributed by atoms with Gasteiger partial charge in [0.1, 0.15) is 0 Å². The highest BCUT2D eigenvalue weighted by Crippen LogP contribution is 2.47. The Kier molecular flexibility index (Phi) is 5.14. The molecule has 0 aromatic heterocycles. The maximum absolute atomic E-state index is 12.9. The Morgan fingerprint density at radius 1 is 0.857 bits per heavy atom. The van der Waals surface area contributed by atoms with Crippen LogP contribution >= 0.6 is 11.8 Å². The molecule has 0 aliphatic carbocycles. The fraction of sp³-hybridized carbons (Fsp3) is 0.0909. The second kappa shape index (κ2) is 7.88. The third-order valence-corrected chi connectivity index (χ3v) is 5.49. The van der Waals surface area contributed by atoms with E-state index in [0.29, 0.717) is 5.56 Å². The zero-order valence-corrected chi connectivity index (χ0v) is 15.6. The highest BCUT2D eigenvalue weighted by atomic mass is 32.2. The Bertz CT molecular complexity index is 976. The van der Waals surface area contributed by atoms with Gasteiger partial charge in [0.25, 0.3) is 5.91 Å². The van der Waals surface area contributed by atoms with E-state index in [1.54, 1.807) is 47.0 Å². The monoisotopic (exact) mass is 391 g/mol. The first-order valence-electron chi connectivity index (χ1n) is 8.73. The number of rotatable bonds is 4. The van der Waals surface area contributed by atoms with E-state index in [4.69, 9.17) is 4.74 Å². The van der Waals surface area contributed by atoms with Gasteiger partial charge in [0.15, 0.2) is 12.7 Å². The molecule has 1 aliphatic heterocycles. The standard InChI is InChI=1S/C22H17NO4S/c24-20(14-27-22(26)21(25)15-8-2-1-3-9-15)23-16-10-4-6-12-18(16)28-19-13-7-5-11-17(19)23/h1-13,21,25H,14H2/t21-/m1/s1. The van der Waals surface area contributed by atoms with Crippen molar-refractivity contribution < 1.29 is 19.4 Å². The summed E-state index contributed by atoms with van der Waals surface area (Å²) in [6.07, 6.45) is -1.43. The number of benzene rings is 3. The predicted molar refractivity (Wildman–Crippen MR) is 107 cm³/mol. The zero-order chi connectivity index (χ0) is 19.5. The molecule has 1 heterocycles. The van der Waals surface area contributed by atoms with Gasteiger partial charge in [-0.3, -0.25) is 9.69 Å². The Hall–Kier alpha value is -3.09. The maximum Gasteiger partial charge on any atom is 0.340 e. The van der Waals surface area contributed by atoms with Crippen molar-refractivity contribution in [3.63, 3.8) is 0 Å². The second-order valence-corrected chi connectivity index (χ2v) is 7.27. The predicted octanol–water partition coefficient (Wildman–Crippen LogP) is 4.09. The van der Waals surface area contributed by atoms with E-state index < -0.39 is 18.7 Å². The van der Waals surface area contributed by atoms with Gasteiger partial charge in [0, 0.05) is 9.79 Å². The number of carbonyl (C=O) groups is 2. The molecule has 0 fully saturated rings. The fourth-order valence-electron chi connectivity index (χ4n) is 3.02. The molecule has 4 rings (SSSR count). The molecule has 1 atom stereocenters. The number of para-hydroxylation sites is 2. The second-order valence-electron chi connectivity index (χ2n) is 6.19. The average Bonchev–Trinajstić information content (AvgIpc) is 2.75. The lowest BCUT2D eigenvalue weighted by molar-refractivity contribution is -0.156. The van der Waals surface area contributed by atoms with E-state index in [9.17, 15) is 14.7 Å². The molecule has 28 heavy (non-hydrogen) atoms. The van der Waals surface area contributed by atoms with E-state index in [1.807, 2.05) is 48.5 Å². The van der Waals surface area contributed by atoms with Crippen LogP contribution in [0.3, 0.4) is 0 Å². The fourth-order valence-corrected chi connectivity index (χ4v) is 4.08. The molecule has 5 nitrogen and oxygen atoms in total. The summed E-state index contributed by atoms with van der Waals surface area (Å²) < 4.78 is 5.12. The molecule has 0 bridgehead atoms. The van der Waals surface area contributed by atoms with Crippen LogP contribution in [0.1, 0.15) is 11.7 Å². The minimum absolute atomic E-state index is 0.381. The number of aliphatic hydroxyl groups is 1. The van der Waals surface area contributed by atoms with Gasteiger partial charge in [-0.1, -0.05) is 66.4 Å². The molecular formula is C22H17NO4S. The van der Waals surface area contributed by atoms with Gasteiger partial charge in [0.05, 0.1) is 11.4 Å². The normalized spacial score (nSPS) is 13.2. The van der Waals surface area contributed by atoms with Gasteiger partial charge in [-0.2, -0.15) is 0 Å². The van der Waals surface area contributed by atoms with E-state index in [0.717, 1.165) is 21.2 Å². The smallest absolute Gasteiger partial charge is 0.340 e. The number of carbonyl (C=O) groups excluding carboxylic acids is 2. The minimum Gasteiger partial charge on any atom is -0.453 e. The SMILES string of the molecule is O=C(OCC(=O)N1c2ccccc2Sc2ccccc21)[C@H](O)c1ccccc1. The van der Waals surface area contributed by atoms with Gasteiger partial charge in [-0.05, 0) is 29.8 Å². The van der Waals surface area contributed by atoms with Crippen LogP contribution in [0.15, 0.2) is 88.7 Å². The van der Waals surface area contributed by atoms with E-state index in [-0.39, 0.29) is 5.91 Å². The summed E-state index contributed by atoms with van der Waals surface area (Å²) in [5, 5.41) is 10.1. The number of anilines is 2. The minimum atomic E-state index is -1.43. The van der Waals surface area contributed by atoms with Crippen molar-refractivity contribution in [3.8, 4) is 0 Å². The Balaban J connectivity index is 1.53. The summed E-state index contributed by atoms with van der Waals surface area (Å²) >= 11 is 1.59. The number of amides is 1. The first-order valence-corrected chi connectivity index (χ1v) is 9.55. The lowest BCUT2D eigenvalue weighted by Gasteiger charge is -2.30. The summed E-state index contributed by atoms with van der Waals surface area (Å²) in [6, 6.07) is 23.6. The van der Waals surface area contributed by atoms with E-state index in [1.165, 1.54) is 0 Å². The van der Waals surface area contributed by atoms with Crippen molar-refractivity contribution >= 4 is 35.0 Å². The van der Waals surface area contributed by atoms with Gasteiger partial charge in [-0.15, -0.1) is 0 Å². The lowest BCUT2D eigenvalue weighted by Crippen LogP contribution is -2.33. The van der Waals surface area contributed by atoms with E-state index >= 15 is 0 Å². The summed E-state index contributed by atoms with van der Waals surface area (Å²) in [4.78, 5) is 28.6. The van der Waals surface area contributed by atoms with Gasteiger partial charge >= 0.3 is 5.97 Å². The number of fused-ring (bicyclic) bond motifs is 2. The van der Waals surface area contributed by atoms with Gasteiger partial charge in [-0.25, -0.2) is 4.79 Å². The third kappa shape index (κ3) is 3.52. The van der Waals surface area contributed by atoms with Crippen molar-refractivity contribution in [2.45, 2.75) is 15.9 Å². The Morgan fingerprint density at radius 2 is 1.39 bits per heavy atom. The van der Waals surface area contributed by atoms with Crippen LogP contribution in [0.25, 0.3) is 0 Å². The average molecular weight is 391 g/mol. The molecule has 3 aromatic rings. The van der Waals surface area contributed by atoms with Gasteiger partial charge < -0.3 is 9.84 Å². The van der Waals surface area contributed by atoms with Crippen molar-refractivity contribution in [2.75, 3.05) is 11.5 Å². The maximum atomic E-state index is 12.9. The van der Waals surface area contributed by atoms with Crippen LogP contribution in [-0.2, 0) is 14.3 Å². The number of nitrogens with zero attached hydrogens (tertiary/aromatic N) is 1. The van der Waals surface area contributed by atoms with Crippen LogP contribution in [0.5, 0.6) is 0 Å². The van der Waals surface area contributed by atoms with E-state index in [2.05, 4.69) is 0 Å². The number of ether oxygens (including phenoxy) is 1. The Morgan fingerprint density at radius 3 is 2.00 bits per heavy atom. The van der Waals surface area contributed by atoms with Crippen LogP contribution < -0.4 is 4.90 Å². The van der Waals surface area contributed by atoms with Crippen molar-refractivity contribution in [1.29, 1.82) is 0 Å². The number of hydrogen-bond donors (Lipinski definition) is 1. The largest absolute Gasteiger partial charge is 0.453 e. The molecule has 1 aliphatic rings. The first-order chi connectivity index (χ1) is 13.6. The number of hydrogen-bond acceptors (Lipinski definition) is 5. The molecule has 0 spiro atoms. The van der Waals surface area contributed by atoms with Crippen molar-refractivity contribution in [3.05, 3.63) is 84.4 Å². The third-order valence-electron chi connectivity index (χ3n) is 4.36. The van der Waals surface area contributed by atoms with Crippen LogP contribution in [0.4, 0.5) is 11.4 Å². The summed E-state index contributed by atoms with van der Waals surface area (Å²) in [5.74, 6) is -1.23. The van der Waals surface area contributed by atoms with Crippen molar-refractivity contribution in [1.82, 2.24) is 0 Å². The highest BCUT2D eigenvalue weighted by molar-refractivity contribution is 7.99. The molecule has 1 amide bonds. The van der Waals surface area contributed by atoms with Gasteiger partial charge in [0.2, 0.25) is 0 Å². The number of aliphatic hydroxyl groups excluding tert-OH is 1. The lowest BCUT2D eigenvalue weighted by atomic mass is 10.1. The van der Waals surface area contributed by atoms with Crippen LogP contribution in [0.2, 0.25) is 0 Å². The Labute approximate surface area is 166 Å². The highest BCUT2D eigenvalue weighted by Gasteiger charge is 2.29. The molecule has 0 radical (unpaired) electrons. The molecule has 1 N–H and O–H groups in total. The molecule has 140 valence electrons. The van der Waals surface area contributed by atoms with Crippen molar-refractivity contribution in [2.24, 2.45) is 0 Å².